The number of halogens is 2. The Labute approximate surface area is 158 Å². The van der Waals surface area contributed by atoms with E-state index in [9.17, 15) is 13.6 Å². The van der Waals surface area contributed by atoms with E-state index in [0.29, 0.717) is 22.1 Å². The van der Waals surface area contributed by atoms with E-state index in [0.717, 1.165) is 5.56 Å². The number of nitrogens with zero attached hydrogens (tertiary/aromatic N) is 1. The number of alkyl halides is 2. The predicted molar refractivity (Wildman–Crippen MR) is 99.5 cm³/mol. The molecule has 27 heavy (non-hydrogen) atoms. The monoisotopic (exact) mass is 390 g/mol. The molecular weight excluding hydrogens is 374 g/mol. The molecule has 1 N–H and O–H groups in total. The molecule has 8 heteroatoms. The number of benzene rings is 2. The lowest BCUT2D eigenvalue weighted by molar-refractivity contribution is -0.118. The van der Waals surface area contributed by atoms with Gasteiger partial charge in [0, 0.05) is 10.9 Å². The fraction of sp³-hybridized carbons (Fsp3) is 0.158. The number of carbonyl (C=O) groups excluding carboxylic acids is 1. The number of rotatable bonds is 7. The molecule has 0 aliphatic heterocycles. The molecule has 5 nitrogen and oxygen atoms in total. The highest BCUT2D eigenvalue weighted by Crippen LogP contribution is 2.32. The SMILES string of the molecule is Cc1ccc(OCC(=O)Nc2nc(-c3ccccc3OC(F)F)cs2)cc1. The van der Waals surface area contributed by atoms with Gasteiger partial charge >= 0.3 is 6.61 Å². The van der Waals surface area contributed by atoms with Gasteiger partial charge in [0.05, 0.1) is 5.69 Å². The maximum atomic E-state index is 12.5. The van der Waals surface area contributed by atoms with E-state index in [1.807, 2.05) is 19.1 Å². The van der Waals surface area contributed by atoms with Crippen molar-refractivity contribution >= 4 is 22.4 Å². The summed E-state index contributed by atoms with van der Waals surface area (Å²) in [5.41, 5.74) is 1.95. The average molecular weight is 390 g/mol. The second-order valence-corrected chi connectivity index (χ2v) is 6.42. The molecule has 0 aliphatic rings. The van der Waals surface area contributed by atoms with Crippen molar-refractivity contribution in [2.24, 2.45) is 0 Å². The van der Waals surface area contributed by atoms with E-state index in [1.54, 1.807) is 35.7 Å². The minimum absolute atomic E-state index is 0.0263. The van der Waals surface area contributed by atoms with Gasteiger partial charge in [0.25, 0.3) is 5.91 Å². The van der Waals surface area contributed by atoms with Crippen molar-refractivity contribution in [2.75, 3.05) is 11.9 Å². The van der Waals surface area contributed by atoms with Gasteiger partial charge in [-0.2, -0.15) is 8.78 Å². The number of carbonyl (C=O) groups is 1. The first-order chi connectivity index (χ1) is 13.0. The van der Waals surface area contributed by atoms with Crippen LogP contribution >= 0.6 is 11.3 Å². The summed E-state index contributed by atoms with van der Waals surface area (Å²) in [6.07, 6.45) is 0. The van der Waals surface area contributed by atoms with Crippen molar-refractivity contribution in [1.29, 1.82) is 0 Å². The quantitative estimate of drug-likeness (QED) is 0.633. The van der Waals surface area contributed by atoms with Crippen LogP contribution in [0.15, 0.2) is 53.9 Å². The normalized spacial score (nSPS) is 10.7. The lowest BCUT2D eigenvalue weighted by Crippen LogP contribution is -2.20. The van der Waals surface area contributed by atoms with Crippen molar-refractivity contribution in [3.8, 4) is 22.8 Å². The number of thiazole rings is 1. The van der Waals surface area contributed by atoms with Crippen LogP contribution in [0.2, 0.25) is 0 Å². The number of hydrogen-bond acceptors (Lipinski definition) is 5. The number of nitrogens with one attached hydrogen (secondary N) is 1. The maximum absolute atomic E-state index is 12.5. The van der Waals surface area contributed by atoms with E-state index in [2.05, 4.69) is 15.0 Å². The highest BCUT2D eigenvalue weighted by molar-refractivity contribution is 7.14. The molecule has 0 atom stereocenters. The summed E-state index contributed by atoms with van der Waals surface area (Å²) in [5, 5.41) is 4.63. The molecule has 3 rings (SSSR count). The molecule has 0 aliphatic carbocycles. The van der Waals surface area contributed by atoms with Crippen molar-refractivity contribution in [3.05, 3.63) is 59.5 Å². The lowest BCUT2D eigenvalue weighted by Gasteiger charge is -2.08. The average Bonchev–Trinajstić information content (AvgIpc) is 3.09. The number of para-hydroxylation sites is 1. The smallest absolute Gasteiger partial charge is 0.387 e. The number of aryl methyl sites for hydroxylation is 1. The van der Waals surface area contributed by atoms with Crippen molar-refractivity contribution in [3.63, 3.8) is 0 Å². The van der Waals surface area contributed by atoms with Crippen LogP contribution in [0.3, 0.4) is 0 Å². The Morgan fingerprint density at radius 3 is 2.67 bits per heavy atom. The van der Waals surface area contributed by atoms with Crippen LogP contribution in [0.25, 0.3) is 11.3 Å². The van der Waals surface area contributed by atoms with Gasteiger partial charge in [-0.1, -0.05) is 29.8 Å². The molecule has 0 radical (unpaired) electrons. The number of anilines is 1. The zero-order chi connectivity index (χ0) is 19.2. The van der Waals surface area contributed by atoms with Gasteiger partial charge in [-0.05, 0) is 31.2 Å². The van der Waals surface area contributed by atoms with Gasteiger partial charge in [0.2, 0.25) is 0 Å². The zero-order valence-corrected chi connectivity index (χ0v) is 15.1. The third-order valence-corrected chi connectivity index (χ3v) is 4.28. The molecule has 0 unspecified atom stereocenters. The molecular formula is C19H16F2N2O3S. The number of aromatic nitrogens is 1. The summed E-state index contributed by atoms with van der Waals surface area (Å²) < 4.78 is 35.0. The molecule has 0 spiro atoms. The summed E-state index contributed by atoms with van der Waals surface area (Å²) >= 11 is 1.18. The molecule has 140 valence electrons. The Bertz CT molecular complexity index is 913. The number of hydrogen-bond donors (Lipinski definition) is 1. The van der Waals surface area contributed by atoms with Gasteiger partial charge < -0.3 is 9.47 Å². The van der Waals surface area contributed by atoms with Crippen LogP contribution in [0, 0.1) is 6.92 Å². The summed E-state index contributed by atoms with van der Waals surface area (Å²) in [5.74, 6) is 0.251. The van der Waals surface area contributed by atoms with Gasteiger partial charge in [0.15, 0.2) is 11.7 Å². The topological polar surface area (TPSA) is 60.5 Å². The van der Waals surface area contributed by atoms with Crippen molar-refractivity contribution in [2.45, 2.75) is 13.5 Å². The van der Waals surface area contributed by atoms with Gasteiger partial charge in [-0.3, -0.25) is 10.1 Å². The highest BCUT2D eigenvalue weighted by Gasteiger charge is 2.14. The molecule has 3 aromatic rings. The summed E-state index contributed by atoms with van der Waals surface area (Å²) in [7, 11) is 0. The summed E-state index contributed by atoms with van der Waals surface area (Å²) in [4.78, 5) is 16.3. The summed E-state index contributed by atoms with van der Waals surface area (Å²) in [6.45, 7) is -1.13. The van der Waals surface area contributed by atoms with Gasteiger partial charge in [-0.25, -0.2) is 4.98 Å². The molecule has 1 aromatic heterocycles. The van der Waals surface area contributed by atoms with E-state index < -0.39 is 6.61 Å². The van der Waals surface area contributed by atoms with Crippen LogP contribution < -0.4 is 14.8 Å². The Kier molecular flexibility index (Phi) is 5.97. The Morgan fingerprint density at radius 1 is 1.19 bits per heavy atom. The van der Waals surface area contributed by atoms with E-state index >= 15 is 0 Å². The van der Waals surface area contributed by atoms with Gasteiger partial charge in [0.1, 0.15) is 11.5 Å². The molecule has 1 heterocycles. The molecule has 0 saturated carbocycles. The van der Waals surface area contributed by atoms with E-state index in [1.165, 1.54) is 17.4 Å². The Balaban J connectivity index is 1.62. The number of ether oxygens (including phenoxy) is 2. The first kappa shape index (κ1) is 18.8. The largest absolute Gasteiger partial charge is 0.484 e. The molecule has 0 fully saturated rings. The van der Waals surface area contributed by atoms with Crippen LogP contribution in [0.4, 0.5) is 13.9 Å². The van der Waals surface area contributed by atoms with E-state index in [-0.39, 0.29) is 18.3 Å². The minimum atomic E-state index is -2.93. The third-order valence-electron chi connectivity index (χ3n) is 3.52. The fourth-order valence-electron chi connectivity index (χ4n) is 2.27. The fourth-order valence-corrected chi connectivity index (χ4v) is 3.00. The Morgan fingerprint density at radius 2 is 1.93 bits per heavy atom. The molecule has 0 bridgehead atoms. The van der Waals surface area contributed by atoms with Crippen molar-refractivity contribution < 1.29 is 23.0 Å². The first-order valence-corrected chi connectivity index (χ1v) is 8.88. The first-order valence-electron chi connectivity index (χ1n) is 8.00. The second-order valence-electron chi connectivity index (χ2n) is 5.56. The second kappa shape index (κ2) is 8.59. The van der Waals surface area contributed by atoms with E-state index in [4.69, 9.17) is 4.74 Å². The minimum Gasteiger partial charge on any atom is -0.484 e. The molecule has 1 amide bonds. The summed E-state index contributed by atoms with van der Waals surface area (Å²) in [6, 6.07) is 13.7. The van der Waals surface area contributed by atoms with Crippen LogP contribution in [0.5, 0.6) is 11.5 Å². The van der Waals surface area contributed by atoms with Crippen LogP contribution in [-0.4, -0.2) is 24.1 Å². The maximum Gasteiger partial charge on any atom is 0.387 e. The predicted octanol–water partition coefficient (Wildman–Crippen LogP) is 4.74. The third kappa shape index (κ3) is 5.24. The van der Waals surface area contributed by atoms with Gasteiger partial charge in [-0.15, -0.1) is 11.3 Å². The van der Waals surface area contributed by atoms with Crippen LogP contribution in [0.1, 0.15) is 5.56 Å². The van der Waals surface area contributed by atoms with Crippen molar-refractivity contribution in [1.82, 2.24) is 4.98 Å². The van der Waals surface area contributed by atoms with Crippen LogP contribution in [-0.2, 0) is 4.79 Å². The molecule has 2 aromatic carbocycles. The zero-order valence-electron chi connectivity index (χ0n) is 14.3. The molecule has 0 saturated heterocycles. The standard InChI is InChI=1S/C19H16F2N2O3S/c1-12-6-8-13(9-7-12)25-10-17(24)23-19-22-15(11-27-19)14-4-2-3-5-16(14)26-18(20)21/h2-9,11,18H,10H2,1H3,(H,22,23,24). The number of amides is 1. The Hall–Kier alpha value is -3.00. The lowest BCUT2D eigenvalue weighted by atomic mass is 10.1. The highest BCUT2D eigenvalue weighted by atomic mass is 32.1.